The van der Waals surface area contributed by atoms with Crippen LogP contribution in [0.3, 0.4) is 0 Å². The number of anilines is 1. The van der Waals surface area contributed by atoms with Crippen LogP contribution in [0.4, 0.5) is 11.4 Å². The van der Waals surface area contributed by atoms with Crippen LogP contribution in [0.1, 0.15) is 10.4 Å². The summed E-state index contributed by atoms with van der Waals surface area (Å²) in [5.41, 5.74) is 2.62. The largest absolute Gasteiger partial charge is 0.362 e. The van der Waals surface area contributed by atoms with Gasteiger partial charge in [0, 0.05) is 6.07 Å². The zero-order chi connectivity index (χ0) is 13.7. The second-order valence-corrected chi connectivity index (χ2v) is 3.63. The van der Waals surface area contributed by atoms with E-state index in [0.717, 1.165) is 0 Å². The highest BCUT2D eigenvalue weighted by Gasteiger charge is 2.14. The van der Waals surface area contributed by atoms with Crippen molar-refractivity contribution in [1.29, 1.82) is 0 Å². The molecule has 0 aromatic heterocycles. The van der Waals surface area contributed by atoms with Crippen LogP contribution in [0, 0.1) is 10.1 Å². The summed E-state index contributed by atoms with van der Waals surface area (Å²) in [7, 11) is 0. The topological polar surface area (TPSA) is 81.5 Å². The second-order valence-electron chi connectivity index (χ2n) is 3.63. The maximum atomic E-state index is 11.6. The highest BCUT2D eigenvalue weighted by Crippen LogP contribution is 2.23. The van der Waals surface area contributed by atoms with Gasteiger partial charge in [-0.05, 0) is 18.2 Å². The van der Waals surface area contributed by atoms with Crippen molar-refractivity contribution in [2.24, 2.45) is 0 Å². The van der Waals surface area contributed by atoms with Gasteiger partial charge in [-0.3, -0.25) is 10.1 Å². The van der Waals surface area contributed by atoms with Crippen LogP contribution >= 0.6 is 0 Å². The Kier molecular flexibility index (Phi) is 3.72. The third-order valence-electron chi connectivity index (χ3n) is 2.36. The highest BCUT2D eigenvalue weighted by molar-refractivity contribution is 5.89. The molecule has 0 heterocycles. The molecule has 0 spiro atoms. The summed E-state index contributed by atoms with van der Waals surface area (Å²) in [4.78, 5) is 26.7. The summed E-state index contributed by atoms with van der Waals surface area (Å²) in [5.74, 6) is -0.612. The van der Waals surface area contributed by atoms with Gasteiger partial charge in [0.15, 0.2) is 0 Å². The van der Waals surface area contributed by atoms with Crippen molar-refractivity contribution >= 4 is 17.3 Å². The van der Waals surface area contributed by atoms with E-state index in [1.807, 2.05) is 0 Å². The van der Waals surface area contributed by atoms with Gasteiger partial charge >= 0.3 is 5.97 Å². The predicted molar refractivity (Wildman–Crippen MR) is 68.6 cm³/mol. The van der Waals surface area contributed by atoms with Crippen LogP contribution in [-0.2, 0) is 4.84 Å². The molecule has 2 aromatic carbocycles. The van der Waals surface area contributed by atoms with Crippen LogP contribution in [-0.4, -0.2) is 10.9 Å². The maximum absolute atomic E-state index is 11.6. The van der Waals surface area contributed by atoms with E-state index in [2.05, 4.69) is 5.48 Å². The van der Waals surface area contributed by atoms with Crippen LogP contribution in [0.2, 0.25) is 0 Å². The van der Waals surface area contributed by atoms with Crippen molar-refractivity contribution < 1.29 is 14.6 Å². The van der Waals surface area contributed by atoms with Crippen LogP contribution < -0.4 is 5.48 Å². The van der Waals surface area contributed by atoms with E-state index in [-0.39, 0.29) is 11.4 Å². The lowest BCUT2D eigenvalue weighted by atomic mass is 10.2. The molecule has 0 unspecified atom stereocenters. The second kappa shape index (κ2) is 5.63. The number of nitro benzene ring substituents is 1. The van der Waals surface area contributed by atoms with Gasteiger partial charge in [-0.1, -0.05) is 30.3 Å². The summed E-state index contributed by atoms with van der Waals surface area (Å²) >= 11 is 0. The zero-order valence-corrected chi connectivity index (χ0v) is 9.78. The molecule has 0 bridgehead atoms. The summed E-state index contributed by atoms with van der Waals surface area (Å²) < 4.78 is 0. The summed E-state index contributed by atoms with van der Waals surface area (Å²) in [6, 6.07) is 14.2. The standard InChI is InChI=1S/C13H10N2O4/c16-13(10-6-2-1-3-7-10)19-14-11-8-4-5-9-12(11)15(17)18/h1-9,14H. The van der Waals surface area contributed by atoms with Crippen molar-refractivity contribution in [2.45, 2.75) is 0 Å². The molecule has 6 heteroatoms. The normalized spacial score (nSPS) is 9.68. The lowest BCUT2D eigenvalue weighted by Crippen LogP contribution is -2.11. The number of nitrogens with one attached hydrogen (secondary N) is 1. The lowest BCUT2D eigenvalue weighted by molar-refractivity contribution is -0.384. The van der Waals surface area contributed by atoms with Crippen molar-refractivity contribution in [3.05, 3.63) is 70.3 Å². The molecule has 2 aromatic rings. The predicted octanol–water partition coefficient (Wildman–Crippen LogP) is 2.78. The molecule has 2 rings (SSSR count). The van der Waals surface area contributed by atoms with E-state index in [1.54, 1.807) is 36.4 Å². The molecule has 0 amide bonds. The van der Waals surface area contributed by atoms with Gasteiger partial charge in [-0.2, -0.15) is 0 Å². The SMILES string of the molecule is O=C(ONc1ccccc1[N+](=O)[O-])c1ccccc1. The van der Waals surface area contributed by atoms with E-state index in [4.69, 9.17) is 4.84 Å². The fraction of sp³-hybridized carbons (Fsp3) is 0. The van der Waals surface area contributed by atoms with E-state index < -0.39 is 10.9 Å². The highest BCUT2D eigenvalue weighted by atomic mass is 16.7. The molecule has 96 valence electrons. The monoisotopic (exact) mass is 258 g/mol. The molecule has 0 fully saturated rings. The maximum Gasteiger partial charge on any atom is 0.362 e. The Labute approximate surface area is 108 Å². The zero-order valence-electron chi connectivity index (χ0n) is 9.78. The van der Waals surface area contributed by atoms with Crippen molar-refractivity contribution in [2.75, 3.05) is 5.48 Å². The molecule has 6 nitrogen and oxygen atoms in total. The minimum Gasteiger partial charge on any atom is -0.338 e. The Morgan fingerprint density at radius 1 is 1.05 bits per heavy atom. The first-order valence-corrected chi connectivity index (χ1v) is 5.44. The van der Waals surface area contributed by atoms with Gasteiger partial charge in [0.25, 0.3) is 5.69 Å². The summed E-state index contributed by atoms with van der Waals surface area (Å²) in [5, 5.41) is 10.8. The third-order valence-corrected chi connectivity index (χ3v) is 2.36. The number of nitro groups is 1. The molecule has 0 saturated heterocycles. The van der Waals surface area contributed by atoms with Gasteiger partial charge in [0.2, 0.25) is 0 Å². The van der Waals surface area contributed by atoms with Gasteiger partial charge in [-0.25, -0.2) is 10.3 Å². The van der Waals surface area contributed by atoms with Crippen LogP contribution in [0.25, 0.3) is 0 Å². The number of hydrogen-bond acceptors (Lipinski definition) is 5. The first-order valence-electron chi connectivity index (χ1n) is 5.44. The number of hydrogen-bond donors (Lipinski definition) is 1. The average molecular weight is 258 g/mol. The Morgan fingerprint density at radius 2 is 1.68 bits per heavy atom. The average Bonchev–Trinajstić information content (AvgIpc) is 2.46. The van der Waals surface area contributed by atoms with Gasteiger partial charge < -0.3 is 4.84 Å². The fourth-order valence-corrected chi connectivity index (χ4v) is 1.45. The van der Waals surface area contributed by atoms with Gasteiger partial charge in [0.1, 0.15) is 5.69 Å². The molecule has 0 aliphatic heterocycles. The van der Waals surface area contributed by atoms with Crippen LogP contribution in [0.15, 0.2) is 54.6 Å². The summed E-state index contributed by atoms with van der Waals surface area (Å²) in [6.07, 6.45) is 0. The number of benzene rings is 2. The molecule has 0 saturated carbocycles. The quantitative estimate of drug-likeness (QED) is 0.673. The minimum atomic E-state index is -0.612. The number of nitrogens with zero attached hydrogens (tertiary/aromatic N) is 1. The molecular formula is C13H10N2O4. The van der Waals surface area contributed by atoms with E-state index in [1.165, 1.54) is 18.2 Å². The third kappa shape index (κ3) is 3.06. The summed E-state index contributed by atoms with van der Waals surface area (Å²) in [6.45, 7) is 0. The van der Waals surface area contributed by atoms with E-state index >= 15 is 0 Å². The van der Waals surface area contributed by atoms with E-state index in [0.29, 0.717) is 5.56 Å². The Bertz CT molecular complexity index is 599. The molecule has 0 atom stereocenters. The number of rotatable bonds is 4. The first kappa shape index (κ1) is 12.6. The molecule has 1 N–H and O–H groups in total. The molecule has 19 heavy (non-hydrogen) atoms. The van der Waals surface area contributed by atoms with Crippen molar-refractivity contribution in [3.8, 4) is 0 Å². The lowest BCUT2D eigenvalue weighted by Gasteiger charge is -2.06. The minimum absolute atomic E-state index is 0.122. The van der Waals surface area contributed by atoms with Crippen LogP contribution in [0.5, 0.6) is 0 Å². The molecule has 0 aliphatic carbocycles. The first-order chi connectivity index (χ1) is 9.18. The molecule has 0 radical (unpaired) electrons. The Balaban J connectivity index is 2.07. The molecular weight excluding hydrogens is 248 g/mol. The van der Waals surface area contributed by atoms with Gasteiger partial charge in [0.05, 0.1) is 10.5 Å². The molecule has 0 aliphatic rings. The number of carbonyl (C=O) groups is 1. The van der Waals surface area contributed by atoms with E-state index in [9.17, 15) is 14.9 Å². The smallest absolute Gasteiger partial charge is 0.338 e. The fourth-order valence-electron chi connectivity index (χ4n) is 1.45. The Morgan fingerprint density at radius 3 is 2.37 bits per heavy atom. The van der Waals surface area contributed by atoms with Crippen molar-refractivity contribution in [3.63, 3.8) is 0 Å². The number of para-hydroxylation sites is 2. The number of carbonyl (C=O) groups excluding carboxylic acids is 1. The van der Waals surface area contributed by atoms with Crippen molar-refractivity contribution in [1.82, 2.24) is 0 Å². The van der Waals surface area contributed by atoms with Gasteiger partial charge in [-0.15, -0.1) is 0 Å². The Hall–Kier alpha value is -2.89.